The van der Waals surface area contributed by atoms with E-state index >= 15 is 0 Å². The Balaban J connectivity index is 2.31. The van der Waals surface area contributed by atoms with E-state index in [0.29, 0.717) is 12.8 Å². The second kappa shape index (κ2) is 5.75. The van der Waals surface area contributed by atoms with E-state index in [1.54, 1.807) is 0 Å². The molecule has 0 atom stereocenters. The molecule has 1 aliphatic rings. The average Bonchev–Trinajstić information content (AvgIpc) is 2.86. The lowest BCUT2D eigenvalue weighted by atomic mass is 9.93. The van der Waals surface area contributed by atoms with Gasteiger partial charge in [-0.3, -0.25) is 14.9 Å². The number of nitrogens with zero attached hydrogens (tertiary/aromatic N) is 3. The minimum Gasteiger partial charge on any atom is -0.481 e. The molecule has 0 amide bonds. The highest BCUT2D eigenvalue weighted by molar-refractivity contribution is 5.70. The van der Waals surface area contributed by atoms with Crippen LogP contribution >= 0.6 is 0 Å². The van der Waals surface area contributed by atoms with Gasteiger partial charge in [-0.1, -0.05) is 12.8 Å². The van der Waals surface area contributed by atoms with Crippen LogP contribution in [0.5, 0.6) is 0 Å². The maximum Gasteiger partial charge on any atom is 0.305 e. The normalized spacial score (nSPS) is 16.1. The molecule has 110 valence electrons. The predicted molar refractivity (Wildman–Crippen MR) is 72.7 cm³/mol. The zero-order valence-electron chi connectivity index (χ0n) is 11.2. The van der Waals surface area contributed by atoms with Gasteiger partial charge >= 0.3 is 5.97 Å². The van der Waals surface area contributed by atoms with Gasteiger partial charge in [-0.25, -0.2) is 4.98 Å². The maximum atomic E-state index is 11.0. The highest BCUT2D eigenvalue weighted by atomic mass is 16.6. The Morgan fingerprint density at radius 3 is 2.76 bits per heavy atom. The Bertz CT molecular complexity index is 617. The molecule has 1 heterocycles. The minimum atomic E-state index is -0.926. The number of nitrogens with one attached hydrogen (secondary N) is 1. The predicted octanol–water partition coefficient (Wildman–Crippen LogP) is 2.06. The lowest BCUT2D eigenvalue weighted by Gasteiger charge is -2.29. The van der Waals surface area contributed by atoms with E-state index < -0.39 is 16.4 Å². The third-order valence-corrected chi connectivity index (χ3v) is 3.64. The first-order chi connectivity index (χ1) is 9.96. The molecule has 0 aliphatic heterocycles. The zero-order chi connectivity index (χ0) is 15.5. The highest BCUT2D eigenvalue weighted by Gasteiger charge is 2.37. The Hall–Kier alpha value is -2.69. The minimum absolute atomic E-state index is 0.0425. The highest BCUT2D eigenvalue weighted by Crippen LogP contribution is 2.36. The zero-order valence-corrected chi connectivity index (χ0v) is 11.2. The molecular weight excluding hydrogens is 276 g/mol. The Labute approximate surface area is 120 Å². The van der Waals surface area contributed by atoms with Crippen LogP contribution in [0.2, 0.25) is 0 Å². The summed E-state index contributed by atoms with van der Waals surface area (Å²) < 4.78 is 0. The van der Waals surface area contributed by atoms with Crippen molar-refractivity contribution in [3.05, 3.63) is 27.9 Å². The molecule has 8 heteroatoms. The molecule has 0 bridgehead atoms. The van der Waals surface area contributed by atoms with Gasteiger partial charge in [0.15, 0.2) is 0 Å². The second-order valence-corrected chi connectivity index (χ2v) is 5.14. The summed E-state index contributed by atoms with van der Waals surface area (Å²) in [6.45, 7) is 0. The summed E-state index contributed by atoms with van der Waals surface area (Å²) in [5, 5.41) is 31.9. The van der Waals surface area contributed by atoms with Gasteiger partial charge in [0.25, 0.3) is 5.69 Å². The number of carboxylic acid groups (broad SMARTS) is 1. The molecule has 0 aromatic carbocycles. The van der Waals surface area contributed by atoms with Gasteiger partial charge in [-0.2, -0.15) is 5.26 Å². The number of aliphatic carboxylic acids is 1. The van der Waals surface area contributed by atoms with Crippen molar-refractivity contribution in [2.75, 3.05) is 5.32 Å². The monoisotopic (exact) mass is 290 g/mol. The number of carbonyl (C=O) groups is 1. The van der Waals surface area contributed by atoms with E-state index in [0.717, 1.165) is 25.1 Å². The second-order valence-electron chi connectivity index (χ2n) is 5.14. The quantitative estimate of drug-likeness (QED) is 0.627. The van der Waals surface area contributed by atoms with Crippen molar-refractivity contribution in [3.63, 3.8) is 0 Å². The van der Waals surface area contributed by atoms with Crippen LogP contribution in [0.25, 0.3) is 0 Å². The van der Waals surface area contributed by atoms with Crippen LogP contribution in [0, 0.1) is 21.4 Å². The van der Waals surface area contributed by atoms with E-state index in [9.17, 15) is 14.9 Å². The van der Waals surface area contributed by atoms with Crippen LogP contribution in [0.4, 0.5) is 11.5 Å². The van der Waals surface area contributed by atoms with Crippen molar-refractivity contribution in [1.82, 2.24) is 4.98 Å². The third kappa shape index (κ3) is 3.25. The molecule has 2 N–H and O–H groups in total. The van der Waals surface area contributed by atoms with E-state index in [2.05, 4.69) is 10.3 Å². The standard InChI is InChI=1S/C13H14N4O4/c14-7-9-5-10(17(20)21)8-15-12(9)16-13(6-11(18)19)3-1-2-4-13/h5,8H,1-4,6H2,(H,15,16)(H,18,19). The largest absolute Gasteiger partial charge is 0.481 e. The van der Waals surface area contributed by atoms with Gasteiger partial charge in [-0.05, 0) is 12.8 Å². The molecule has 0 saturated heterocycles. The Morgan fingerprint density at radius 2 is 2.24 bits per heavy atom. The molecular formula is C13H14N4O4. The molecule has 1 aromatic heterocycles. The number of pyridine rings is 1. The van der Waals surface area contributed by atoms with E-state index in [1.807, 2.05) is 6.07 Å². The molecule has 1 saturated carbocycles. The molecule has 0 unspecified atom stereocenters. The summed E-state index contributed by atoms with van der Waals surface area (Å²) in [7, 11) is 0. The molecule has 0 spiro atoms. The molecule has 8 nitrogen and oxygen atoms in total. The first kappa shape index (κ1) is 14.7. The molecule has 1 fully saturated rings. The number of anilines is 1. The summed E-state index contributed by atoms with van der Waals surface area (Å²) in [6.07, 6.45) is 4.12. The SMILES string of the molecule is N#Cc1cc([N+](=O)[O-])cnc1NC1(CC(=O)O)CCCC1. The Morgan fingerprint density at radius 1 is 1.57 bits per heavy atom. The molecule has 1 aliphatic carbocycles. The van der Waals surface area contributed by atoms with Crippen molar-refractivity contribution < 1.29 is 14.8 Å². The summed E-state index contributed by atoms with van der Waals surface area (Å²) >= 11 is 0. The van der Waals surface area contributed by atoms with Crippen molar-refractivity contribution in [2.45, 2.75) is 37.6 Å². The van der Waals surface area contributed by atoms with Crippen LogP contribution in [-0.2, 0) is 4.79 Å². The number of hydrogen-bond donors (Lipinski definition) is 2. The topological polar surface area (TPSA) is 129 Å². The third-order valence-electron chi connectivity index (χ3n) is 3.64. The number of aromatic nitrogens is 1. The van der Waals surface area contributed by atoms with Crippen LogP contribution in [0.3, 0.4) is 0 Å². The lowest BCUT2D eigenvalue weighted by Crippen LogP contribution is -2.38. The van der Waals surface area contributed by atoms with Gasteiger partial charge in [-0.15, -0.1) is 0 Å². The van der Waals surface area contributed by atoms with Crippen LogP contribution in [0.15, 0.2) is 12.3 Å². The van der Waals surface area contributed by atoms with Crippen LogP contribution in [0.1, 0.15) is 37.7 Å². The average molecular weight is 290 g/mol. The summed E-state index contributed by atoms with van der Waals surface area (Å²) in [4.78, 5) is 25.0. The van der Waals surface area contributed by atoms with Crippen molar-refractivity contribution in [2.24, 2.45) is 0 Å². The lowest BCUT2D eigenvalue weighted by molar-refractivity contribution is -0.385. The fourth-order valence-electron chi connectivity index (χ4n) is 2.68. The molecule has 1 aromatic rings. The molecule has 0 radical (unpaired) electrons. The van der Waals surface area contributed by atoms with Crippen molar-refractivity contribution >= 4 is 17.5 Å². The van der Waals surface area contributed by atoms with Gasteiger partial charge in [0.1, 0.15) is 23.6 Å². The number of nitro groups is 1. The Kier molecular flexibility index (Phi) is 4.03. The number of rotatable bonds is 5. The fourth-order valence-corrected chi connectivity index (χ4v) is 2.68. The molecule has 2 rings (SSSR count). The van der Waals surface area contributed by atoms with Gasteiger partial charge in [0.2, 0.25) is 0 Å². The first-order valence-corrected chi connectivity index (χ1v) is 6.50. The number of carboxylic acids is 1. The summed E-state index contributed by atoms with van der Waals surface area (Å²) in [5.74, 6) is -0.726. The fraction of sp³-hybridized carbons (Fsp3) is 0.462. The van der Waals surface area contributed by atoms with Crippen LogP contribution < -0.4 is 5.32 Å². The van der Waals surface area contributed by atoms with E-state index in [-0.39, 0.29) is 23.5 Å². The van der Waals surface area contributed by atoms with Crippen molar-refractivity contribution in [1.29, 1.82) is 5.26 Å². The first-order valence-electron chi connectivity index (χ1n) is 6.50. The van der Waals surface area contributed by atoms with Gasteiger partial charge in [0.05, 0.1) is 11.3 Å². The van der Waals surface area contributed by atoms with E-state index in [4.69, 9.17) is 10.4 Å². The number of nitriles is 1. The van der Waals surface area contributed by atoms with E-state index in [1.165, 1.54) is 0 Å². The maximum absolute atomic E-state index is 11.0. The van der Waals surface area contributed by atoms with Gasteiger partial charge in [0, 0.05) is 11.6 Å². The smallest absolute Gasteiger partial charge is 0.305 e. The summed E-state index contributed by atoms with van der Waals surface area (Å²) in [5.41, 5.74) is -0.864. The van der Waals surface area contributed by atoms with Crippen molar-refractivity contribution in [3.8, 4) is 6.07 Å². The van der Waals surface area contributed by atoms with Crippen LogP contribution in [-0.4, -0.2) is 26.5 Å². The molecule has 21 heavy (non-hydrogen) atoms. The van der Waals surface area contributed by atoms with Gasteiger partial charge < -0.3 is 10.4 Å². The summed E-state index contributed by atoms with van der Waals surface area (Å²) in [6, 6.07) is 3.00. The number of hydrogen-bond acceptors (Lipinski definition) is 6.